The second-order valence-corrected chi connectivity index (χ2v) is 4.13. The van der Waals surface area contributed by atoms with Crippen molar-refractivity contribution in [3.05, 3.63) is 34.9 Å². The molecule has 0 saturated carbocycles. The van der Waals surface area contributed by atoms with Gasteiger partial charge in [0.1, 0.15) is 0 Å². The highest BCUT2D eigenvalue weighted by Gasteiger charge is 2.20. The van der Waals surface area contributed by atoms with Gasteiger partial charge in [0.05, 0.1) is 19.6 Å². The highest BCUT2D eigenvalue weighted by molar-refractivity contribution is 5.70. The van der Waals surface area contributed by atoms with E-state index in [1.165, 1.54) is 18.2 Å². The third-order valence-corrected chi connectivity index (χ3v) is 3.13. The summed E-state index contributed by atoms with van der Waals surface area (Å²) in [5.74, 6) is -0.372. The van der Waals surface area contributed by atoms with Crippen LogP contribution in [0.1, 0.15) is 35.6 Å². The van der Waals surface area contributed by atoms with Gasteiger partial charge in [0.2, 0.25) is 0 Å². The fourth-order valence-electron chi connectivity index (χ4n) is 2.31. The van der Waals surface area contributed by atoms with E-state index < -0.39 is 6.10 Å². The Morgan fingerprint density at radius 2 is 2.31 bits per heavy atom. The highest BCUT2D eigenvalue weighted by atomic mass is 16.5. The molecular formula is C13H16O3. The molecule has 3 heteroatoms. The summed E-state index contributed by atoms with van der Waals surface area (Å²) in [6.07, 6.45) is 2.52. The van der Waals surface area contributed by atoms with E-state index in [0.717, 1.165) is 24.8 Å². The summed E-state index contributed by atoms with van der Waals surface area (Å²) in [6.45, 7) is 0. The summed E-state index contributed by atoms with van der Waals surface area (Å²) in [5, 5.41) is 9.99. The Labute approximate surface area is 95.0 Å². The van der Waals surface area contributed by atoms with Gasteiger partial charge in [0.15, 0.2) is 0 Å². The smallest absolute Gasteiger partial charge is 0.308 e. The van der Waals surface area contributed by atoms with Crippen molar-refractivity contribution in [1.82, 2.24) is 0 Å². The monoisotopic (exact) mass is 220 g/mol. The maximum atomic E-state index is 11.1. The second kappa shape index (κ2) is 4.66. The number of aliphatic hydroxyl groups is 1. The van der Waals surface area contributed by atoms with Crippen molar-refractivity contribution in [3.8, 4) is 0 Å². The molecule has 0 amide bonds. The standard InChI is InChI=1S/C13H16O3/c1-16-13(15)8-12(14)11-7-3-5-9-4-2-6-10(9)11/h3,5,7,12,14H,2,4,6,8H2,1H3. The zero-order valence-corrected chi connectivity index (χ0v) is 9.40. The minimum atomic E-state index is -0.736. The van der Waals surface area contributed by atoms with Gasteiger partial charge in [-0.15, -0.1) is 0 Å². The lowest BCUT2D eigenvalue weighted by Gasteiger charge is -2.14. The molecular weight excluding hydrogens is 204 g/mol. The molecule has 0 heterocycles. The van der Waals surface area contributed by atoms with Crippen LogP contribution in [0.3, 0.4) is 0 Å². The molecule has 1 aliphatic rings. The van der Waals surface area contributed by atoms with Crippen LogP contribution in [0.15, 0.2) is 18.2 Å². The number of ether oxygens (including phenoxy) is 1. The predicted octanol–water partition coefficient (Wildman–Crippen LogP) is 1.77. The number of rotatable bonds is 3. The molecule has 1 unspecified atom stereocenters. The quantitative estimate of drug-likeness (QED) is 0.790. The van der Waals surface area contributed by atoms with Crippen LogP contribution in [0.2, 0.25) is 0 Å². The average Bonchev–Trinajstić information content (AvgIpc) is 2.76. The van der Waals surface area contributed by atoms with Crippen molar-refractivity contribution < 1.29 is 14.6 Å². The molecule has 0 spiro atoms. The lowest BCUT2D eigenvalue weighted by molar-refractivity contribution is -0.142. The van der Waals surface area contributed by atoms with Gasteiger partial charge in [-0.1, -0.05) is 18.2 Å². The lowest BCUT2D eigenvalue weighted by Crippen LogP contribution is -2.09. The SMILES string of the molecule is COC(=O)CC(O)c1cccc2c1CCC2. The Morgan fingerprint density at radius 3 is 3.06 bits per heavy atom. The molecule has 16 heavy (non-hydrogen) atoms. The number of aliphatic hydroxyl groups excluding tert-OH is 1. The zero-order valence-electron chi connectivity index (χ0n) is 9.40. The summed E-state index contributed by atoms with van der Waals surface area (Å²) in [6, 6.07) is 5.94. The molecule has 2 rings (SSSR count). The van der Waals surface area contributed by atoms with Crippen LogP contribution >= 0.6 is 0 Å². The molecule has 0 aromatic heterocycles. The van der Waals surface area contributed by atoms with Gasteiger partial charge in [0, 0.05) is 0 Å². The Balaban J connectivity index is 2.20. The minimum absolute atomic E-state index is 0.0347. The van der Waals surface area contributed by atoms with Gasteiger partial charge in [-0.25, -0.2) is 0 Å². The number of methoxy groups -OCH3 is 1. The Kier molecular flexibility index (Phi) is 3.25. The van der Waals surface area contributed by atoms with E-state index in [0.29, 0.717) is 0 Å². The van der Waals surface area contributed by atoms with E-state index in [9.17, 15) is 9.90 Å². The molecule has 0 fully saturated rings. The van der Waals surface area contributed by atoms with Crippen LogP contribution < -0.4 is 0 Å². The number of carbonyl (C=O) groups excluding carboxylic acids is 1. The van der Waals surface area contributed by atoms with E-state index >= 15 is 0 Å². The second-order valence-electron chi connectivity index (χ2n) is 4.13. The first-order valence-corrected chi connectivity index (χ1v) is 5.58. The molecule has 1 aromatic carbocycles. The van der Waals surface area contributed by atoms with Crippen molar-refractivity contribution in [2.75, 3.05) is 7.11 Å². The number of hydrogen-bond donors (Lipinski definition) is 1. The molecule has 1 aliphatic carbocycles. The van der Waals surface area contributed by atoms with Crippen LogP contribution in [0, 0.1) is 0 Å². The molecule has 0 aliphatic heterocycles. The van der Waals surface area contributed by atoms with Gasteiger partial charge >= 0.3 is 5.97 Å². The third kappa shape index (κ3) is 2.09. The normalized spacial score (nSPS) is 15.6. The van der Waals surface area contributed by atoms with Crippen molar-refractivity contribution in [2.24, 2.45) is 0 Å². The average molecular weight is 220 g/mol. The molecule has 1 N–H and O–H groups in total. The van der Waals surface area contributed by atoms with Crippen molar-refractivity contribution >= 4 is 5.97 Å². The van der Waals surface area contributed by atoms with Crippen LogP contribution in [-0.2, 0) is 22.4 Å². The number of hydrogen-bond acceptors (Lipinski definition) is 3. The number of benzene rings is 1. The van der Waals surface area contributed by atoms with E-state index in [-0.39, 0.29) is 12.4 Å². The summed E-state index contributed by atoms with van der Waals surface area (Å²) >= 11 is 0. The number of carbonyl (C=O) groups is 1. The van der Waals surface area contributed by atoms with Crippen molar-refractivity contribution in [1.29, 1.82) is 0 Å². The van der Waals surface area contributed by atoms with Crippen LogP contribution in [0.4, 0.5) is 0 Å². The Morgan fingerprint density at radius 1 is 1.50 bits per heavy atom. The number of aryl methyl sites for hydroxylation is 1. The van der Waals surface area contributed by atoms with E-state index in [1.54, 1.807) is 0 Å². The molecule has 3 nitrogen and oxygen atoms in total. The molecule has 1 aromatic rings. The third-order valence-electron chi connectivity index (χ3n) is 3.13. The van der Waals surface area contributed by atoms with Crippen molar-refractivity contribution in [3.63, 3.8) is 0 Å². The summed E-state index contributed by atoms with van der Waals surface area (Å²) in [7, 11) is 1.34. The predicted molar refractivity (Wildman–Crippen MR) is 60.1 cm³/mol. The van der Waals surface area contributed by atoms with Gasteiger partial charge in [-0.2, -0.15) is 0 Å². The summed E-state index contributed by atoms with van der Waals surface area (Å²) < 4.78 is 4.56. The maximum Gasteiger partial charge on any atom is 0.308 e. The first kappa shape index (κ1) is 11.1. The summed E-state index contributed by atoms with van der Waals surface area (Å²) in [5.41, 5.74) is 3.42. The van der Waals surface area contributed by atoms with Gasteiger partial charge in [0.25, 0.3) is 0 Å². The Bertz CT molecular complexity index is 398. The topological polar surface area (TPSA) is 46.5 Å². The molecule has 1 atom stereocenters. The van der Waals surface area contributed by atoms with Gasteiger partial charge in [-0.3, -0.25) is 4.79 Å². The molecule has 0 radical (unpaired) electrons. The fourth-order valence-corrected chi connectivity index (χ4v) is 2.31. The first-order chi connectivity index (χ1) is 7.72. The van der Waals surface area contributed by atoms with Crippen molar-refractivity contribution in [2.45, 2.75) is 31.8 Å². The number of esters is 1. The maximum absolute atomic E-state index is 11.1. The Hall–Kier alpha value is -1.35. The minimum Gasteiger partial charge on any atom is -0.469 e. The van der Waals surface area contributed by atoms with E-state index in [2.05, 4.69) is 10.8 Å². The zero-order chi connectivity index (χ0) is 11.5. The lowest BCUT2D eigenvalue weighted by atomic mass is 9.97. The first-order valence-electron chi connectivity index (χ1n) is 5.58. The van der Waals surface area contributed by atoms with Gasteiger partial charge < -0.3 is 9.84 Å². The van der Waals surface area contributed by atoms with E-state index in [4.69, 9.17) is 0 Å². The van der Waals surface area contributed by atoms with Gasteiger partial charge in [-0.05, 0) is 36.0 Å². The van der Waals surface area contributed by atoms with E-state index in [1.807, 2.05) is 12.1 Å². The highest BCUT2D eigenvalue weighted by Crippen LogP contribution is 2.30. The number of fused-ring (bicyclic) bond motifs is 1. The molecule has 86 valence electrons. The molecule has 0 bridgehead atoms. The van der Waals surface area contributed by atoms with Crippen LogP contribution in [0.25, 0.3) is 0 Å². The summed E-state index contributed by atoms with van der Waals surface area (Å²) in [4.78, 5) is 11.1. The molecule has 0 saturated heterocycles. The van der Waals surface area contributed by atoms with Crippen LogP contribution in [-0.4, -0.2) is 18.2 Å². The largest absolute Gasteiger partial charge is 0.469 e. The van der Waals surface area contributed by atoms with Crippen LogP contribution in [0.5, 0.6) is 0 Å². The fraction of sp³-hybridized carbons (Fsp3) is 0.462.